The quantitative estimate of drug-likeness (QED) is 0.747. The molecule has 0 atom stereocenters. The number of rotatable bonds is 1. The molecule has 1 N–H and O–H groups in total. The minimum absolute atomic E-state index is 0.00665. The maximum atomic E-state index is 11.3. The van der Waals surface area contributed by atoms with Gasteiger partial charge in [0, 0.05) is 25.7 Å². The first-order valence-corrected chi connectivity index (χ1v) is 4.88. The fourth-order valence-corrected chi connectivity index (χ4v) is 1.64. The van der Waals surface area contributed by atoms with Crippen LogP contribution in [0.4, 0.5) is 5.69 Å². The summed E-state index contributed by atoms with van der Waals surface area (Å²) in [5.41, 5.74) is 0.960. The second-order valence-electron chi connectivity index (χ2n) is 3.51. The normalized spacial score (nSPS) is 17.1. The third kappa shape index (κ3) is 1.70. The minimum Gasteiger partial charge on any atom is -0.312 e. The highest BCUT2D eigenvalue weighted by molar-refractivity contribution is 6.06. The molecule has 0 saturated carbocycles. The smallest absolute Gasteiger partial charge is 0.230 e. The van der Waals surface area contributed by atoms with Crippen molar-refractivity contribution in [2.75, 3.05) is 18.5 Å². The van der Waals surface area contributed by atoms with E-state index in [0.717, 1.165) is 5.69 Å². The van der Waals surface area contributed by atoms with Gasteiger partial charge in [-0.1, -0.05) is 18.2 Å². The zero-order valence-electron chi connectivity index (χ0n) is 8.60. The molecule has 1 amide bonds. The SMILES string of the molecule is CN1C(=N)N(c2ccccc2)CCC1=O. The van der Waals surface area contributed by atoms with Crippen molar-refractivity contribution < 1.29 is 4.79 Å². The molecule has 0 unspecified atom stereocenters. The van der Waals surface area contributed by atoms with Crippen LogP contribution >= 0.6 is 0 Å². The van der Waals surface area contributed by atoms with Crippen LogP contribution in [0.5, 0.6) is 0 Å². The van der Waals surface area contributed by atoms with Gasteiger partial charge >= 0.3 is 0 Å². The van der Waals surface area contributed by atoms with Gasteiger partial charge in [-0.25, -0.2) is 0 Å². The number of guanidine groups is 1. The second-order valence-corrected chi connectivity index (χ2v) is 3.51. The van der Waals surface area contributed by atoms with Crippen LogP contribution in [0.25, 0.3) is 0 Å². The first kappa shape index (κ1) is 9.71. The third-order valence-electron chi connectivity index (χ3n) is 2.56. The maximum absolute atomic E-state index is 11.3. The van der Waals surface area contributed by atoms with E-state index in [-0.39, 0.29) is 11.9 Å². The summed E-state index contributed by atoms with van der Waals surface area (Å²) >= 11 is 0. The van der Waals surface area contributed by atoms with Gasteiger partial charge in [0.1, 0.15) is 0 Å². The van der Waals surface area contributed by atoms with Gasteiger partial charge < -0.3 is 4.90 Å². The molecule has 0 bridgehead atoms. The molecule has 0 aliphatic carbocycles. The molecule has 15 heavy (non-hydrogen) atoms. The van der Waals surface area contributed by atoms with Gasteiger partial charge in [-0.15, -0.1) is 0 Å². The Kier molecular flexibility index (Phi) is 2.41. The molecule has 1 fully saturated rings. The van der Waals surface area contributed by atoms with Crippen LogP contribution in [0.2, 0.25) is 0 Å². The Morgan fingerprint density at radius 2 is 1.93 bits per heavy atom. The number of nitrogens with one attached hydrogen (secondary N) is 1. The van der Waals surface area contributed by atoms with E-state index in [0.29, 0.717) is 13.0 Å². The Morgan fingerprint density at radius 1 is 1.27 bits per heavy atom. The predicted molar refractivity (Wildman–Crippen MR) is 58.9 cm³/mol. The van der Waals surface area contributed by atoms with Crippen molar-refractivity contribution in [2.24, 2.45) is 0 Å². The van der Waals surface area contributed by atoms with Crippen molar-refractivity contribution in [3.63, 3.8) is 0 Å². The van der Waals surface area contributed by atoms with E-state index in [4.69, 9.17) is 5.41 Å². The number of para-hydroxylation sites is 1. The summed E-state index contributed by atoms with van der Waals surface area (Å²) in [4.78, 5) is 14.6. The third-order valence-corrected chi connectivity index (χ3v) is 2.56. The average molecular weight is 203 g/mol. The van der Waals surface area contributed by atoms with Gasteiger partial charge in [0.2, 0.25) is 11.9 Å². The summed E-state index contributed by atoms with van der Waals surface area (Å²) in [6.45, 7) is 0.589. The molecular formula is C11H13N3O. The molecule has 1 aliphatic heterocycles. The Balaban J connectivity index is 2.25. The average Bonchev–Trinajstić information content (AvgIpc) is 2.27. The number of carbonyl (C=O) groups excluding carboxylic acids is 1. The van der Waals surface area contributed by atoms with Crippen molar-refractivity contribution >= 4 is 17.6 Å². The Bertz CT molecular complexity index is 388. The number of anilines is 1. The minimum atomic E-state index is 0.00665. The van der Waals surface area contributed by atoms with Gasteiger partial charge in [0.25, 0.3) is 0 Å². The molecule has 1 heterocycles. The lowest BCUT2D eigenvalue weighted by Crippen LogP contribution is -2.51. The lowest BCUT2D eigenvalue weighted by atomic mass is 10.2. The molecule has 1 aromatic rings. The molecule has 1 saturated heterocycles. The van der Waals surface area contributed by atoms with Crippen molar-refractivity contribution in [1.29, 1.82) is 5.41 Å². The standard InChI is InChI=1S/C11H13N3O/c1-13-10(15)7-8-14(11(13)12)9-5-3-2-4-6-9/h2-6,12H,7-8H2,1H3. The van der Waals surface area contributed by atoms with Gasteiger partial charge in [0.05, 0.1) is 0 Å². The fourth-order valence-electron chi connectivity index (χ4n) is 1.64. The first-order valence-electron chi connectivity index (χ1n) is 4.88. The van der Waals surface area contributed by atoms with E-state index in [1.54, 1.807) is 7.05 Å². The molecule has 0 spiro atoms. The van der Waals surface area contributed by atoms with Crippen molar-refractivity contribution in [2.45, 2.75) is 6.42 Å². The molecule has 78 valence electrons. The number of hydrogen-bond donors (Lipinski definition) is 1. The molecule has 0 radical (unpaired) electrons. The van der Waals surface area contributed by atoms with Crippen LogP contribution in [0, 0.1) is 5.41 Å². The zero-order valence-corrected chi connectivity index (χ0v) is 8.60. The number of amides is 1. The van der Waals surface area contributed by atoms with Gasteiger partial charge in [0.15, 0.2) is 0 Å². The fraction of sp³-hybridized carbons (Fsp3) is 0.273. The number of nitrogens with zero attached hydrogens (tertiary/aromatic N) is 2. The Labute approximate surface area is 88.6 Å². The van der Waals surface area contributed by atoms with Gasteiger partial charge in [-0.05, 0) is 12.1 Å². The highest BCUT2D eigenvalue weighted by atomic mass is 16.2. The molecule has 4 nitrogen and oxygen atoms in total. The van der Waals surface area contributed by atoms with Crippen LogP contribution in [-0.2, 0) is 4.79 Å². The van der Waals surface area contributed by atoms with Crippen molar-refractivity contribution in [3.8, 4) is 0 Å². The summed E-state index contributed by atoms with van der Waals surface area (Å²) < 4.78 is 0. The van der Waals surface area contributed by atoms with E-state index in [1.165, 1.54) is 4.90 Å². The molecule has 0 aromatic heterocycles. The molecule has 1 aliphatic rings. The summed E-state index contributed by atoms with van der Waals surface area (Å²) in [5, 5.41) is 7.85. The molecular weight excluding hydrogens is 190 g/mol. The van der Waals surface area contributed by atoms with Crippen LogP contribution in [-0.4, -0.2) is 30.4 Å². The number of benzene rings is 1. The van der Waals surface area contributed by atoms with Crippen LogP contribution < -0.4 is 4.90 Å². The van der Waals surface area contributed by atoms with Gasteiger partial charge in [-0.2, -0.15) is 0 Å². The lowest BCUT2D eigenvalue weighted by molar-refractivity contribution is -0.126. The first-order chi connectivity index (χ1) is 7.20. The molecule has 4 heteroatoms. The van der Waals surface area contributed by atoms with E-state index < -0.39 is 0 Å². The summed E-state index contributed by atoms with van der Waals surface area (Å²) in [6, 6.07) is 9.68. The highest BCUT2D eigenvalue weighted by Crippen LogP contribution is 2.18. The van der Waals surface area contributed by atoms with Crippen LogP contribution in [0.3, 0.4) is 0 Å². The highest BCUT2D eigenvalue weighted by Gasteiger charge is 2.26. The largest absolute Gasteiger partial charge is 0.312 e. The summed E-state index contributed by atoms with van der Waals surface area (Å²) in [7, 11) is 1.64. The van der Waals surface area contributed by atoms with E-state index >= 15 is 0 Å². The maximum Gasteiger partial charge on any atom is 0.230 e. The zero-order chi connectivity index (χ0) is 10.8. The van der Waals surface area contributed by atoms with E-state index in [2.05, 4.69) is 0 Å². The summed E-state index contributed by atoms with van der Waals surface area (Å²) in [5.74, 6) is 0.254. The Hall–Kier alpha value is -1.84. The van der Waals surface area contributed by atoms with E-state index in [1.807, 2.05) is 35.2 Å². The van der Waals surface area contributed by atoms with Crippen molar-refractivity contribution in [3.05, 3.63) is 30.3 Å². The topological polar surface area (TPSA) is 47.4 Å². The van der Waals surface area contributed by atoms with Gasteiger partial charge in [-0.3, -0.25) is 15.1 Å². The number of carbonyl (C=O) groups is 1. The molecule has 1 aromatic carbocycles. The number of hydrogen-bond acceptors (Lipinski definition) is 2. The van der Waals surface area contributed by atoms with E-state index in [9.17, 15) is 4.79 Å². The lowest BCUT2D eigenvalue weighted by Gasteiger charge is -2.34. The van der Waals surface area contributed by atoms with Crippen LogP contribution in [0.1, 0.15) is 6.42 Å². The van der Waals surface area contributed by atoms with Crippen molar-refractivity contribution in [1.82, 2.24) is 4.90 Å². The predicted octanol–water partition coefficient (Wildman–Crippen LogP) is 1.29. The Morgan fingerprint density at radius 3 is 2.60 bits per heavy atom. The summed E-state index contributed by atoms with van der Waals surface area (Å²) in [6.07, 6.45) is 0.466. The monoisotopic (exact) mass is 203 g/mol. The molecule has 2 rings (SSSR count). The van der Waals surface area contributed by atoms with Crippen LogP contribution in [0.15, 0.2) is 30.3 Å². The second kappa shape index (κ2) is 3.73.